The fourth-order valence-electron chi connectivity index (χ4n) is 2.48. The topological polar surface area (TPSA) is 74.7 Å². The summed E-state index contributed by atoms with van der Waals surface area (Å²) in [6.07, 6.45) is 6.04. The van der Waals surface area contributed by atoms with Crippen molar-refractivity contribution in [2.24, 2.45) is 11.8 Å². The third-order valence-corrected chi connectivity index (χ3v) is 4.65. The molecule has 0 aromatic carbocycles. The lowest BCUT2D eigenvalue weighted by Gasteiger charge is -2.08. The van der Waals surface area contributed by atoms with Gasteiger partial charge in [-0.1, -0.05) is 40.5 Å². The van der Waals surface area contributed by atoms with Crippen molar-refractivity contribution >= 4 is 11.0 Å². The van der Waals surface area contributed by atoms with Crippen molar-refractivity contribution in [2.45, 2.75) is 66.2 Å². The Kier molecular flexibility index (Phi) is 5.75. The number of aromatic nitrogens is 4. The largest absolute Gasteiger partial charge is 0.493 e. The van der Waals surface area contributed by atoms with Gasteiger partial charge in [0.05, 0.1) is 5.69 Å². The van der Waals surface area contributed by atoms with Crippen LogP contribution in [0.3, 0.4) is 0 Å². The number of aromatic amines is 1. The van der Waals surface area contributed by atoms with Crippen LogP contribution in [0.2, 0.25) is 0 Å². The Labute approximate surface area is 132 Å². The highest BCUT2D eigenvalue weighted by Gasteiger charge is 2.15. The number of rotatable bonds is 8. The Morgan fingerprint density at radius 3 is 2.27 bits per heavy atom. The minimum absolute atomic E-state index is 0.0667. The maximum absolute atomic E-state index is 10.3. The average Bonchev–Trinajstić information content (AvgIpc) is 2.93. The van der Waals surface area contributed by atoms with E-state index >= 15 is 0 Å². The quantitative estimate of drug-likeness (QED) is 0.772. The lowest BCUT2D eigenvalue weighted by molar-refractivity contribution is 0.451. The van der Waals surface area contributed by atoms with E-state index in [9.17, 15) is 5.11 Å². The molecule has 2 rings (SSSR count). The van der Waals surface area contributed by atoms with Gasteiger partial charge in [0.25, 0.3) is 0 Å². The fourth-order valence-corrected chi connectivity index (χ4v) is 2.48. The van der Waals surface area contributed by atoms with Gasteiger partial charge in [0.2, 0.25) is 5.88 Å². The number of aryl methyl sites for hydroxylation is 2. The summed E-state index contributed by atoms with van der Waals surface area (Å²) in [5.74, 6) is 2.07. The summed E-state index contributed by atoms with van der Waals surface area (Å²) in [6, 6.07) is 0. The van der Waals surface area contributed by atoms with E-state index < -0.39 is 0 Å². The Bertz CT molecular complexity index is 608. The molecule has 0 aliphatic rings. The Morgan fingerprint density at radius 1 is 1.00 bits per heavy atom. The van der Waals surface area contributed by atoms with Gasteiger partial charge in [0, 0.05) is 6.42 Å². The maximum Gasteiger partial charge on any atom is 0.225 e. The van der Waals surface area contributed by atoms with E-state index in [1.165, 1.54) is 0 Å². The van der Waals surface area contributed by atoms with Crippen molar-refractivity contribution in [1.82, 2.24) is 20.2 Å². The molecular formula is C17H28N4O. The molecule has 5 nitrogen and oxygen atoms in total. The predicted octanol–water partition coefficient (Wildman–Crippen LogP) is 4.02. The first-order chi connectivity index (χ1) is 10.5. The van der Waals surface area contributed by atoms with Crippen molar-refractivity contribution in [3.8, 4) is 5.88 Å². The summed E-state index contributed by atoms with van der Waals surface area (Å²) in [6.45, 7) is 8.84. The zero-order valence-corrected chi connectivity index (χ0v) is 14.2. The van der Waals surface area contributed by atoms with Crippen molar-refractivity contribution in [1.29, 1.82) is 0 Å². The van der Waals surface area contributed by atoms with Crippen LogP contribution in [0.15, 0.2) is 0 Å². The second-order valence-corrected chi connectivity index (χ2v) is 6.46. The van der Waals surface area contributed by atoms with E-state index in [-0.39, 0.29) is 5.88 Å². The second kappa shape index (κ2) is 7.56. The molecular weight excluding hydrogens is 276 g/mol. The van der Waals surface area contributed by atoms with E-state index in [1.54, 1.807) is 0 Å². The highest BCUT2D eigenvalue weighted by atomic mass is 16.3. The Morgan fingerprint density at radius 2 is 1.64 bits per heavy atom. The van der Waals surface area contributed by atoms with Crippen molar-refractivity contribution in [3.05, 3.63) is 11.5 Å². The Balaban J connectivity index is 2.15. The van der Waals surface area contributed by atoms with Crippen molar-refractivity contribution in [3.63, 3.8) is 0 Å². The number of hydrogen-bond acceptors (Lipinski definition) is 4. The zero-order chi connectivity index (χ0) is 16.1. The van der Waals surface area contributed by atoms with E-state index in [0.717, 1.165) is 44.2 Å². The van der Waals surface area contributed by atoms with Crippen LogP contribution in [0.5, 0.6) is 5.88 Å². The fraction of sp³-hybridized carbons (Fsp3) is 0.706. The smallest absolute Gasteiger partial charge is 0.225 e. The molecule has 2 unspecified atom stereocenters. The molecule has 0 amide bonds. The summed E-state index contributed by atoms with van der Waals surface area (Å²) < 4.78 is 0. The summed E-state index contributed by atoms with van der Waals surface area (Å²) in [5, 5.41) is 18.2. The molecule has 5 heteroatoms. The minimum Gasteiger partial charge on any atom is -0.493 e. The third kappa shape index (κ3) is 3.96. The molecule has 0 aliphatic carbocycles. The molecule has 2 aromatic heterocycles. The highest BCUT2D eigenvalue weighted by molar-refractivity contribution is 5.82. The number of aromatic hydroxyl groups is 1. The molecule has 0 spiro atoms. The van der Waals surface area contributed by atoms with Gasteiger partial charge in [-0.05, 0) is 31.1 Å². The minimum atomic E-state index is 0.0667. The molecule has 2 N–H and O–H groups in total. The predicted molar refractivity (Wildman–Crippen MR) is 88.9 cm³/mol. The first-order valence-corrected chi connectivity index (χ1v) is 8.47. The molecule has 2 atom stereocenters. The number of H-pyrrole nitrogens is 1. The molecule has 0 aliphatic heterocycles. The van der Waals surface area contributed by atoms with E-state index in [4.69, 9.17) is 0 Å². The third-order valence-electron chi connectivity index (χ3n) is 4.65. The molecule has 2 aromatic rings. The molecule has 22 heavy (non-hydrogen) atoms. The van der Waals surface area contributed by atoms with Gasteiger partial charge < -0.3 is 5.11 Å². The van der Waals surface area contributed by atoms with Gasteiger partial charge in [-0.2, -0.15) is 10.1 Å². The van der Waals surface area contributed by atoms with Crippen LogP contribution in [-0.2, 0) is 12.8 Å². The number of nitrogens with one attached hydrogen (secondary N) is 1. The SMILES string of the molecule is CCC(C)CCc1nc(O)c2c(CCC(C)CC)n[nH]c2n1. The molecule has 0 fully saturated rings. The van der Waals surface area contributed by atoms with Gasteiger partial charge >= 0.3 is 0 Å². The van der Waals surface area contributed by atoms with Gasteiger partial charge in [0.15, 0.2) is 5.65 Å². The summed E-state index contributed by atoms with van der Waals surface area (Å²) >= 11 is 0. The highest BCUT2D eigenvalue weighted by Crippen LogP contribution is 2.26. The molecule has 122 valence electrons. The monoisotopic (exact) mass is 304 g/mol. The van der Waals surface area contributed by atoms with Gasteiger partial charge in [-0.15, -0.1) is 0 Å². The number of fused-ring (bicyclic) bond motifs is 1. The Hall–Kier alpha value is -1.65. The molecule has 0 radical (unpaired) electrons. The zero-order valence-electron chi connectivity index (χ0n) is 14.2. The van der Waals surface area contributed by atoms with E-state index in [2.05, 4.69) is 47.9 Å². The second-order valence-electron chi connectivity index (χ2n) is 6.46. The summed E-state index contributed by atoms with van der Waals surface area (Å²) in [5.41, 5.74) is 1.53. The molecule has 0 saturated carbocycles. The summed E-state index contributed by atoms with van der Waals surface area (Å²) in [7, 11) is 0. The van der Waals surface area contributed by atoms with Crippen LogP contribution >= 0.6 is 0 Å². The maximum atomic E-state index is 10.3. The average molecular weight is 304 g/mol. The first-order valence-electron chi connectivity index (χ1n) is 8.47. The van der Waals surface area contributed by atoms with E-state index in [0.29, 0.717) is 28.7 Å². The lowest BCUT2D eigenvalue weighted by atomic mass is 10.0. The van der Waals surface area contributed by atoms with Crippen LogP contribution < -0.4 is 0 Å². The molecule has 0 bridgehead atoms. The summed E-state index contributed by atoms with van der Waals surface area (Å²) in [4.78, 5) is 8.79. The standard InChI is InChI=1S/C17H28N4O/c1-5-11(3)7-9-13-15-16(21-20-13)18-14(19-17(15)22)10-8-12(4)6-2/h11-12H,5-10H2,1-4H3,(H2,18,19,20,21,22). The van der Waals surface area contributed by atoms with Crippen molar-refractivity contribution in [2.75, 3.05) is 0 Å². The molecule has 0 saturated heterocycles. The number of nitrogens with zero attached hydrogens (tertiary/aromatic N) is 3. The van der Waals surface area contributed by atoms with Gasteiger partial charge in [0.1, 0.15) is 11.2 Å². The van der Waals surface area contributed by atoms with Crippen LogP contribution in [0.25, 0.3) is 11.0 Å². The molecule has 2 heterocycles. The lowest BCUT2D eigenvalue weighted by Crippen LogP contribution is -2.01. The van der Waals surface area contributed by atoms with Gasteiger partial charge in [-0.3, -0.25) is 5.10 Å². The number of hydrogen-bond donors (Lipinski definition) is 2. The van der Waals surface area contributed by atoms with Crippen LogP contribution in [0, 0.1) is 11.8 Å². The van der Waals surface area contributed by atoms with Crippen LogP contribution in [-0.4, -0.2) is 25.3 Å². The van der Waals surface area contributed by atoms with Crippen LogP contribution in [0.4, 0.5) is 0 Å². The van der Waals surface area contributed by atoms with Crippen molar-refractivity contribution < 1.29 is 5.11 Å². The van der Waals surface area contributed by atoms with Crippen LogP contribution in [0.1, 0.15) is 64.9 Å². The normalized spacial score (nSPS) is 14.4. The van der Waals surface area contributed by atoms with Gasteiger partial charge in [-0.25, -0.2) is 4.98 Å². The van der Waals surface area contributed by atoms with E-state index in [1.807, 2.05) is 0 Å². The first kappa shape index (κ1) is 16.7.